The summed E-state index contributed by atoms with van der Waals surface area (Å²) >= 11 is 0. The van der Waals surface area contributed by atoms with E-state index in [0.717, 1.165) is 22.8 Å². The van der Waals surface area contributed by atoms with Crippen molar-refractivity contribution in [3.63, 3.8) is 0 Å². The molecule has 0 aliphatic heterocycles. The fourth-order valence-electron chi connectivity index (χ4n) is 7.30. The van der Waals surface area contributed by atoms with Gasteiger partial charge in [-0.15, -0.1) is 0 Å². The highest BCUT2D eigenvalue weighted by molar-refractivity contribution is 6.21. The van der Waals surface area contributed by atoms with E-state index >= 15 is 0 Å². The van der Waals surface area contributed by atoms with E-state index in [1.165, 1.54) is 60.5 Å². The van der Waals surface area contributed by atoms with Gasteiger partial charge >= 0.3 is 0 Å². The molecule has 0 radical (unpaired) electrons. The molecule has 0 amide bonds. The lowest BCUT2D eigenvalue weighted by Crippen LogP contribution is -2.11. The molecular weight excluding hydrogens is 617 g/mol. The number of fused-ring (bicyclic) bond motifs is 2. The lowest BCUT2D eigenvalue weighted by Gasteiger charge is -2.24. The van der Waals surface area contributed by atoms with Crippen LogP contribution in [-0.4, -0.2) is 4.98 Å². The normalized spacial score (nSPS) is 11.1. The van der Waals surface area contributed by atoms with Crippen molar-refractivity contribution < 1.29 is 0 Å². The Morgan fingerprint density at radius 2 is 0.608 bits per heavy atom. The summed E-state index contributed by atoms with van der Waals surface area (Å²) in [6.45, 7) is 0. The van der Waals surface area contributed by atoms with Crippen LogP contribution in [0.2, 0.25) is 0 Å². The zero-order valence-electron chi connectivity index (χ0n) is 28.0. The Morgan fingerprint density at radius 3 is 1.02 bits per heavy atom. The molecule has 51 heavy (non-hydrogen) atoms. The Balaban J connectivity index is 1.12. The van der Waals surface area contributed by atoms with Crippen molar-refractivity contribution in [2.24, 2.45) is 0 Å². The molecule has 1 aromatic heterocycles. The number of anilines is 3. The van der Waals surface area contributed by atoms with E-state index < -0.39 is 0 Å². The molecule has 9 rings (SSSR count). The standard InChI is InChI=1S/C49H34N2/c1-4-14-35(15-5-1)36-24-26-37(27-25-36)38-28-30-39(31-29-38)48-43-20-10-12-22-45(43)49(46-23-13-11-21-44(46)48)40-32-33-47(50-34-40)51(41-16-6-2-7-17-41)42-18-8-3-9-19-42/h1-34H. The third-order valence-electron chi connectivity index (χ3n) is 9.72. The van der Waals surface area contributed by atoms with Gasteiger partial charge in [0.2, 0.25) is 0 Å². The number of hydrogen-bond acceptors (Lipinski definition) is 2. The summed E-state index contributed by atoms with van der Waals surface area (Å²) in [5, 5.41) is 4.88. The van der Waals surface area contributed by atoms with Crippen LogP contribution in [0.4, 0.5) is 17.2 Å². The molecule has 9 aromatic rings. The molecule has 2 nitrogen and oxygen atoms in total. The quantitative estimate of drug-likeness (QED) is 0.160. The average molecular weight is 651 g/mol. The summed E-state index contributed by atoms with van der Waals surface area (Å²) in [6.07, 6.45) is 2.03. The van der Waals surface area contributed by atoms with Crippen molar-refractivity contribution in [1.82, 2.24) is 4.98 Å². The summed E-state index contributed by atoms with van der Waals surface area (Å²) in [6, 6.07) is 71.2. The second-order valence-electron chi connectivity index (χ2n) is 12.8. The second-order valence-corrected chi connectivity index (χ2v) is 12.8. The van der Waals surface area contributed by atoms with Crippen molar-refractivity contribution in [3.8, 4) is 44.5 Å². The van der Waals surface area contributed by atoms with E-state index in [2.05, 4.69) is 193 Å². The Labute approximate surface area is 298 Å². The maximum absolute atomic E-state index is 5.09. The summed E-state index contributed by atoms with van der Waals surface area (Å²) in [5.74, 6) is 0.871. The molecule has 0 atom stereocenters. The van der Waals surface area contributed by atoms with Gasteiger partial charge in [0.15, 0.2) is 0 Å². The van der Waals surface area contributed by atoms with E-state index in [4.69, 9.17) is 4.98 Å². The molecule has 0 N–H and O–H groups in total. The molecule has 1 heterocycles. The average Bonchev–Trinajstić information content (AvgIpc) is 3.22. The molecule has 2 heteroatoms. The van der Waals surface area contributed by atoms with E-state index in [1.54, 1.807) is 0 Å². The third-order valence-corrected chi connectivity index (χ3v) is 9.72. The Bertz CT molecular complexity index is 2480. The predicted octanol–water partition coefficient (Wildman–Crippen LogP) is 13.5. The van der Waals surface area contributed by atoms with Crippen molar-refractivity contribution in [2.45, 2.75) is 0 Å². The topological polar surface area (TPSA) is 16.1 Å². The largest absolute Gasteiger partial charge is 0.295 e. The molecule has 0 unspecified atom stereocenters. The van der Waals surface area contributed by atoms with Crippen molar-refractivity contribution in [1.29, 1.82) is 0 Å². The van der Waals surface area contributed by atoms with Crippen LogP contribution in [0, 0.1) is 0 Å². The summed E-state index contributed by atoms with van der Waals surface area (Å²) in [7, 11) is 0. The molecule has 0 aliphatic carbocycles. The predicted molar refractivity (Wildman–Crippen MR) is 216 cm³/mol. The number of hydrogen-bond donors (Lipinski definition) is 0. The van der Waals surface area contributed by atoms with Gasteiger partial charge in [0.25, 0.3) is 0 Å². The van der Waals surface area contributed by atoms with Crippen LogP contribution in [-0.2, 0) is 0 Å². The van der Waals surface area contributed by atoms with Crippen LogP contribution in [0.5, 0.6) is 0 Å². The molecular formula is C49H34N2. The van der Waals surface area contributed by atoms with Crippen LogP contribution < -0.4 is 4.90 Å². The highest BCUT2D eigenvalue weighted by Crippen LogP contribution is 2.44. The van der Waals surface area contributed by atoms with E-state index in [-0.39, 0.29) is 0 Å². The van der Waals surface area contributed by atoms with Crippen molar-refractivity contribution in [2.75, 3.05) is 4.90 Å². The molecule has 0 saturated carbocycles. The first-order chi connectivity index (χ1) is 25.3. The first-order valence-electron chi connectivity index (χ1n) is 17.4. The van der Waals surface area contributed by atoms with Gasteiger partial charge in [0, 0.05) is 23.1 Å². The number of rotatable bonds is 7. The molecule has 0 saturated heterocycles. The van der Waals surface area contributed by atoms with Crippen molar-refractivity contribution in [3.05, 3.63) is 206 Å². The summed E-state index contributed by atoms with van der Waals surface area (Å²) in [4.78, 5) is 7.29. The van der Waals surface area contributed by atoms with Crippen LogP contribution >= 0.6 is 0 Å². The Hall–Kier alpha value is -6.77. The lowest BCUT2D eigenvalue weighted by molar-refractivity contribution is 1.18. The lowest BCUT2D eigenvalue weighted by atomic mass is 9.86. The van der Waals surface area contributed by atoms with Gasteiger partial charge in [0.1, 0.15) is 5.82 Å². The minimum Gasteiger partial charge on any atom is -0.295 e. The third kappa shape index (κ3) is 5.73. The smallest absolute Gasteiger partial charge is 0.137 e. The van der Waals surface area contributed by atoms with E-state index in [0.29, 0.717) is 0 Å². The van der Waals surface area contributed by atoms with E-state index in [9.17, 15) is 0 Å². The van der Waals surface area contributed by atoms with Crippen LogP contribution in [0.3, 0.4) is 0 Å². The fourth-order valence-corrected chi connectivity index (χ4v) is 7.30. The zero-order chi connectivity index (χ0) is 34.0. The Morgan fingerprint density at radius 1 is 0.275 bits per heavy atom. The number of pyridine rings is 1. The zero-order valence-corrected chi connectivity index (χ0v) is 28.0. The number of benzene rings is 8. The monoisotopic (exact) mass is 650 g/mol. The van der Waals surface area contributed by atoms with Gasteiger partial charge in [-0.25, -0.2) is 4.98 Å². The van der Waals surface area contributed by atoms with Gasteiger partial charge in [-0.2, -0.15) is 0 Å². The second kappa shape index (κ2) is 13.3. The van der Waals surface area contributed by atoms with Gasteiger partial charge in [-0.05, 0) is 96.9 Å². The van der Waals surface area contributed by atoms with Gasteiger partial charge in [0.05, 0.1) is 0 Å². The molecule has 0 bridgehead atoms. The number of nitrogens with zero attached hydrogens (tertiary/aromatic N) is 2. The Kier molecular flexibility index (Phi) is 7.88. The first-order valence-corrected chi connectivity index (χ1v) is 17.4. The van der Waals surface area contributed by atoms with Crippen LogP contribution in [0.1, 0.15) is 0 Å². The molecule has 0 spiro atoms. The fraction of sp³-hybridized carbons (Fsp3) is 0. The minimum absolute atomic E-state index is 0.871. The molecule has 0 fully saturated rings. The van der Waals surface area contributed by atoms with Gasteiger partial charge in [-0.1, -0.05) is 164 Å². The van der Waals surface area contributed by atoms with Crippen LogP contribution in [0.25, 0.3) is 66.1 Å². The van der Waals surface area contributed by atoms with Gasteiger partial charge < -0.3 is 0 Å². The van der Waals surface area contributed by atoms with E-state index in [1.807, 2.05) is 18.3 Å². The maximum Gasteiger partial charge on any atom is 0.137 e. The molecule has 240 valence electrons. The first kappa shape index (κ1) is 30.3. The van der Waals surface area contributed by atoms with Crippen LogP contribution in [0.15, 0.2) is 206 Å². The van der Waals surface area contributed by atoms with Crippen molar-refractivity contribution >= 4 is 38.7 Å². The highest BCUT2D eigenvalue weighted by Gasteiger charge is 2.18. The number of para-hydroxylation sites is 2. The molecule has 8 aromatic carbocycles. The summed E-state index contributed by atoms with van der Waals surface area (Å²) in [5.41, 5.74) is 11.7. The maximum atomic E-state index is 5.09. The SMILES string of the molecule is c1ccc(-c2ccc(-c3ccc(-c4c5ccccc5c(-c5ccc(N(c6ccccc6)c6ccccc6)nc5)c5ccccc45)cc3)cc2)cc1. The van der Waals surface area contributed by atoms with Gasteiger partial charge in [-0.3, -0.25) is 4.90 Å². The summed E-state index contributed by atoms with van der Waals surface area (Å²) < 4.78 is 0. The highest BCUT2D eigenvalue weighted by atomic mass is 15.2. The number of aromatic nitrogens is 1. The minimum atomic E-state index is 0.871. The molecule has 0 aliphatic rings.